The predicted octanol–water partition coefficient (Wildman–Crippen LogP) is 5.63. The zero-order valence-electron chi connectivity index (χ0n) is 20.5. The summed E-state index contributed by atoms with van der Waals surface area (Å²) in [5, 5.41) is 30.2. The fourth-order valence-electron chi connectivity index (χ4n) is 4.13. The molecule has 1 heterocycles. The number of aliphatic hydroxyl groups is 2. The number of aliphatic hydroxyl groups excluding tert-OH is 2. The maximum atomic E-state index is 12.5. The van der Waals surface area contributed by atoms with Gasteiger partial charge in [0, 0.05) is 18.9 Å². The first-order chi connectivity index (χ1) is 15.8. The fourth-order valence-corrected chi connectivity index (χ4v) is 4.13. The first-order valence-corrected chi connectivity index (χ1v) is 12.6. The first-order valence-electron chi connectivity index (χ1n) is 12.6. The SMILES string of the molecule is CCCCCCCCCC(O)C[C@@H]1C[C@@H](O)CC(C)=CCC=CCC(CC(=O)O)=CC(=O)O1. The van der Waals surface area contributed by atoms with Crippen LogP contribution in [0.25, 0.3) is 0 Å². The molecule has 3 atom stereocenters. The monoisotopic (exact) mass is 464 g/mol. The molecule has 6 nitrogen and oxygen atoms in total. The Bertz CT molecular complexity index is 664. The van der Waals surface area contributed by atoms with E-state index in [1.165, 1.54) is 38.2 Å². The molecule has 3 N–H and O–H groups in total. The van der Waals surface area contributed by atoms with Crippen LogP contribution in [0.5, 0.6) is 0 Å². The summed E-state index contributed by atoms with van der Waals surface area (Å²) < 4.78 is 5.58. The van der Waals surface area contributed by atoms with Crippen LogP contribution >= 0.6 is 0 Å². The molecule has 0 spiro atoms. The van der Waals surface area contributed by atoms with Crippen molar-refractivity contribution in [2.45, 2.75) is 122 Å². The fraction of sp³-hybridized carbons (Fsp3) is 0.704. The molecule has 0 saturated heterocycles. The van der Waals surface area contributed by atoms with Gasteiger partial charge in [-0.3, -0.25) is 4.79 Å². The number of unbranched alkanes of at least 4 members (excludes halogenated alkanes) is 6. The van der Waals surface area contributed by atoms with Crippen LogP contribution in [0, 0.1) is 0 Å². The standard InChI is InChI=1S/C27H44O6/c1-3-4-5-6-7-8-12-15-23(28)19-25-20-24(29)16-21(2)13-10-9-11-14-22(17-26(30)31)18-27(32)33-25/h9,11,13,18,23-25,28-29H,3-8,10,12,14-17,19-20H2,1-2H3,(H,30,31)/t23?,24-,25+/m0/s1. The molecule has 0 amide bonds. The van der Waals surface area contributed by atoms with Gasteiger partial charge < -0.3 is 20.1 Å². The van der Waals surface area contributed by atoms with Gasteiger partial charge in [-0.05, 0) is 38.2 Å². The van der Waals surface area contributed by atoms with E-state index in [2.05, 4.69) is 6.92 Å². The van der Waals surface area contributed by atoms with E-state index in [9.17, 15) is 19.8 Å². The van der Waals surface area contributed by atoms with Crippen LogP contribution < -0.4 is 0 Å². The Labute approximate surface area is 199 Å². The summed E-state index contributed by atoms with van der Waals surface area (Å²) in [6.07, 6.45) is 15.7. The van der Waals surface area contributed by atoms with Gasteiger partial charge >= 0.3 is 11.9 Å². The molecule has 1 aliphatic rings. The van der Waals surface area contributed by atoms with Crippen molar-refractivity contribution in [3.63, 3.8) is 0 Å². The number of hydrogen-bond acceptors (Lipinski definition) is 5. The molecular weight excluding hydrogens is 420 g/mol. The van der Waals surface area contributed by atoms with Gasteiger partial charge in [-0.25, -0.2) is 4.79 Å². The summed E-state index contributed by atoms with van der Waals surface area (Å²) in [5.41, 5.74) is 1.50. The Kier molecular flexibility index (Phi) is 15.5. The van der Waals surface area contributed by atoms with Crippen molar-refractivity contribution in [3.05, 3.63) is 35.5 Å². The molecule has 0 radical (unpaired) electrons. The van der Waals surface area contributed by atoms with E-state index in [1.54, 1.807) is 0 Å². The third-order valence-electron chi connectivity index (χ3n) is 5.90. The molecular formula is C27H44O6. The Hall–Kier alpha value is -1.92. The lowest BCUT2D eigenvalue weighted by atomic mass is 9.97. The van der Waals surface area contributed by atoms with Crippen LogP contribution in [-0.4, -0.2) is 45.6 Å². The molecule has 188 valence electrons. The van der Waals surface area contributed by atoms with Gasteiger partial charge in [0.15, 0.2) is 0 Å². The minimum atomic E-state index is -1.00. The van der Waals surface area contributed by atoms with E-state index in [1.807, 2.05) is 25.2 Å². The molecule has 1 rings (SSSR count). The number of allylic oxidation sites excluding steroid dienone is 3. The van der Waals surface area contributed by atoms with E-state index in [0.717, 1.165) is 18.4 Å². The second-order valence-electron chi connectivity index (χ2n) is 9.29. The lowest BCUT2D eigenvalue weighted by Gasteiger charge is -2.23. The Morgan fingerprint density at radius 2 is 1.85 bits per heavy atom. The number of ether oxygens (including phenoxy) is 1. The van der Waals surface area contributed by atoms with Crippen LogP contribution in [0.1, 0.15) is 104 Å². The average molecular weight is 465 g/mol. The highest BCUT2D eigenvalue weighted by Gasteiger charge is 2.22. The Morgan fingerprint density at radius 3 is 2.55 bits per heavy atom. The molecule has 0 aliphatic carbocycles. The number of carboxylic acid groups (broad SMARTS) is 1. The van der Waals surface area contributed by atoms with Crippen LogP contribution in [0.2, 0.25) is 0 Å². The molecule has 0 aromatic rings. The summed E-state index contributed by atoms with van der Waals surface area (Å²) in [4.78, 5) is 23.7. The Morgan fingerprint density at radius 1 is 1.15 bits per heavy atom. The summed E-state index contributed by atoms with van der Waals surface area (Å²) in [5.74, 6) is -1.62. The van der Waals surface area contributed by atoms with Crippen LogP contribution in [0.15, 0.2) is 35.5 Å². The summed E-state index contributed by atoms with van der Waals surface area (Å²) in [7, 11) is 0. The van der Waals surface area contributed by atoms with E-state index in [0.29, 0.717) is 31.3 Å². The molecule has 1 aliphatic heterocycles. The van der Waals surface area contributed by atoms with Gasteiger partial charge in [-0.1, -0.05) is 75.7 Å². The Balaban J connectivity index is 2.74. The van der Waals surface area contributed by atoms with Crippen molar-refractivity contribution >= 4 is 11.9 Å². The number of cyclic esters (lactones) is 1. The first kappa shape index (κ1) is 29.1. The number of aliphatic carboxylic acids is 1. The molecule has 0 bridgehead atoms. The minimum Gasteiger partial charge on any atom is -0.481 e. The highest BCUT2D eigenvalue weighted by molar-refractivity contribution is 5.84. The van der Waals surface area contributed by atoms with Crippen molar-refractivity contribution in [1.82, 2.24) is 0 Å². The number of esters is 1. The van der Waals surface area contributed by atoms with E-state index in [-0.39, 0.29) is 19.3 Å². The molecule has 1 unspecified atom stereocenters. The quantitative estimate of drug-likeness (QED) is 0.196. The second kappa shape index (κ2) is 17.5. The number of carbonyl (C=O) groups is 2. The minimum absolute atomic E-state index is 0.234. The largest absolute Gasteiger partial charge is 0.481 e. The molecule has 0 saturated carbocycles. The summed E-state index contributed by atoms with van der Waals surface area (Å²) in [6, 6.07) is 0. The molecule has 0 fully saturated rings. The van der Waals surface area contributed by atoms with Crippen LogP contribution in [0.4, 0.5) is 0 Å². The highest BCUT2D eigenvalue weighted by Crippen LogP contribution is 2.20. The van der Waals surface area contributed by atoms with Crippen molar-refractivity contribution in [1.29, 1.82) is 0 Å². The number of rotatable bonds is 12. The summed E-state index contributed by atoms with van der Waals surface area (Å²) >= 11 is 0. The second-order valence-corrected chi connectivity index (χ2v) is 9.29. The van der Waals surface area contributed by atoms with Crippen LogP contribution in [0.3, 0.4) is 0 Å². The molecule has 0 aromatic heterocycles. The van der Waals surface area contributed by atoms with Gasteiger partial charge in [-0.2, -0.15) is 0 Å². The predicted molar refractivity (Wildman–Crippen MR) is 131 cm³/mol. The normalized spacial score (nSPS) is 21.5. The van der Waals surface area contributed by atoms with Gasteiger partial charge in [-0.15, -0.1) is 0 Å². The number of hydrogen-bond donors (Lipinski definition) is 3. The zero-order valence-corrected chi connectivity index (χ0v) is 20.5. The van der Waals surface area contributed by atoms with Crippen molar-refractivity contribution < 1.29 is 29.6 Å². The van der Waals surface area contributed by atoms with Crippen molar-refractivity contribution in [2.75, 3.05) is 0 Å². The third kappa shape index (κ3) is 15.5. The summed E-state index contributed by atoms with van der Waals surface area (Å²) in [6.45, 7) is 4.15. The smallest absolute Gasteiger partial charge is 0.331 e. The zero-order chi connectivity index (χ0) is 24.5. The van der Waals surface area contributed by atoms with E-state index in [4.69, 9.17) is 9.84 Å². The topological polar surface area (TPSA) is 104 Å². The van der Waals surface area contributed by atoms with Gasteiger partial charge in [0.25, 0.3) is 0 Å². The number of carbonyl (C=O) groups excluding carboxylic acids is 1. The maximum absolute atomic E-state index is 12.5. The number of carboxylic acids is 1. The van der Waals surface area contributed by atoms with Gasteiger partial charge in [0.1, 0.15) is 6.10 Å². The average Bonchev–Trinajstić information content (AvgIpc) is 2.71. The highest BCUT2D eigenvalue weighted by atomic mass is 16.5. The third-order valence-corrected chi connectivity index (χ3v) is 5.90. The van der Waals surface area contributed by atoms with Gasteiger partial charge in [0.2, 0.25) is 0 Å². The van der Waals surface area contributed by atoms with Gasteiger partial charge in [0.05, 0.1) is 18.6 Å². The van der Waals surface area contributed by atoms with E-state index < -0.39 is 30.3 Å². The van der Waals surface area contributed by atoms with E-state index >= 15 is 0 Å². The molecule has 33 heavy (non-hydrogen) atoms. The van der Waals surface area contributed by atoms with Crippen molar-refractivity contribution in [3.8, 4) is 0 Å². The maximum Gasteiger partial charge on any atom is 0.331 e. The molecule has 0 aromatic carbocycles. The van der Waals surface area contributed by atoms with Crippen molar-refractivity contribution in [2.24, 2.45) is 0 Å². The molecule has 6 heteroatoms. The van der Waals surface area contributed by atoms with Crippen LogP contribution in [-0.2, 0) is 14.3 Å². The lowest BCUT2D eigenvalue weighted by molar-refractivity contribution is -0.146. The lowest BCUT2D eigenvalue weighted by Crippen LogP contribution is -2.28.